The maximum atomic E-state index is 5.86. The number of benzene rings is 1. The highest BCUT2D eigenvalue weighted by molar-refractivity contribution is 9.10. The van der Waals surface area contributed by atoms with E-state index in [0.29, 0.717) is 5.41 Å². The smallest absolute Gasteiger partial charge is 0.0318 e. The molecule has 0 heterocycles. The van der Waals surface area contributed by atoms with Crippen molar-refractivity contribution < 1.29 is 0 Å². The van der Waals surface area contributed by atoms with Gasteiger partial charge in [-0.1, -0.05) is 42.6 Å². The number of rotatable bonds is 6. The van der Waals surface area contributed by atoms with Crippen LogP contribution in [0.1, 0.15) is 51.5 Å². The van der Waals surface area contributed by atoms with E-state index in [9.17, 15) is 0 Å². The number of nitrogen functional groups attached to an aromatic ring is 1. The SMILES string of the molecule is CC(C)CC1(CNCc2cc(N)ccc2Br)CCCC1. The van der Waals surface area contributed by atoms with Gasteiger partial charge in [0.2, 0.25) is 0 Å². The number of hydrogen-bond acceptors (Lipinski definition) is 2. The fourth-order valence-electron chi connectivity index (χ4n) is 3.64. The lowest BCUT2D eigenvalue weighted by atomic mass is 9.78. The monoisotopic (exact) mass is 338 g/mol. The summed E-state index contributed by atoms with van der Waals surface area (Å²) < 4.78 is 1.14. The van der Waals surface area contributed by atoms with Gasteiger partial charge in [-0.25, -0.2) is 0 Å². The highest BCUT2D eigenvalue weighted by atomic mass is 79.9. The topological polar surface area (TPSA) is 38.0 Å². The molecular formula is C17H27BrN2. The van der Waals surface area contributed by atoms with E-state index in [1.54, 1.807) is 0 Å². The third-order valence-corrected chi connectivity index (χ3v) is 5.16. The Morgan fingerprint density at radius 2 is 2.00 bits per heavy atom. The van der Waals surface area contributed by atoms with Gasteiger partial charge in [-0.05, 0) is 54.4 Å². The van der Waals surface area contributed by atoms with Crippen molar-refractivity contribution in [1.82, 2.24) is 5.32 Å². The van der Waals surface area contributed by atoms with Crippen molar-refractivity contribution in [2.45, 2.75) is 52.5 Å². The van der Waals surface area contributed by atoms with Crippen LogP contribution in [0.5, 0.6) is 0 Å². The standard InChI is InChI=1S/C17H27BrN2/c1-13(2)10-17(7-3-4-8-17)12-20-11-14-9-15(19)5-6-16(14)18/h5-6,9,13,20H,3-4,7-8,10-12,19H2,1-2H3. The summed E-state index contributed by atoms with van der Waals surface area (Å²) in [5, 5.41) is 3.67. The second kappa shape index (κ2) is 6.95. The third kappa shape index (κ3) is 4.23. The molecule has 1 aromatic rings. The van der Waals surface area contributed by atoms with E-state index in [1.165, 1.54) is 37.7 Å². The molecule has 0 spiro atoms. The van der Waals surface area contributed by atoms with Crippen molar-refractivity contribution in [3.05, 3.63) is 28.2 Å². The molecule has 2 rings (SSSR count). The van der Waals surface area contributed by atoms with Gasteiger partial charge < -0.3 is 11.1 Å². The van der Waals surface area contributed by atoms with E-state index < -0.39 is 0 Å². The van der Waals surface area contributed by atoms with Crippen LogP contribution in [0, 0.1) is 11.3 Å². The van der Waals surface area contributed by atoms with Crippen molar-refractivity contribution in [3.8, 4) is 0 Å². The Morgan fingerprint density at radius 1 is 1.30 bits per heavy atom. The number of anilines is 1. The zero-order valence-electron chi connectivity index (χ0n) is 12.7. The van der Waals surface area contributed by atoms with E-state index >= 15 is 0 Å². The second-order valence-corrected chi connectivity index (χ2v) is 7.61. The molecule has 0 aromatic heterocycles. The van der Waals surface area contributed by atoms with Crippen molar-refractivity contribution in [1.29, 1.82) is 0 Å². The summed E-state index contributed by atoms with van der Waals surface area (Å²) in [6, 6.07) is 6.03. The summed E-state index contributed by atoms with van der Waals surface area (Å²) >= 11 is 3.60. The van der Waals surface area contributed by atoms with Gasteiger partial charge in [0.15, 0.2) is 0 Å². The van der Waals surface area contributed by atoms with Crippen molar-refractivity contribution >= 4 is 21.6 Å². The van der Waals surface area contributed by atoms with Crippen LogP contribution >= 0.6 is 15.9 Å². The summed E-state index contributed by atoms with van der Waals surface area (Å²) in [6.07, 6.45) is 6.91. The van der Waals surface area contributed by atoms with Crippen LogP contribution in [0.2, 0.25) is 0 Å². The first-order valence-corrected chi connectivity index (χ1v) is 8.55. The largest absolute Gasteiger partial charge is 0.399 e. The summed E-state index contributed by atoms with van der Waals surface area (Å²) in [5.74, 6) is 0.786. The maximum absolute atomic E-state index is 5.86. The molecule has 1 aromatic carbocycles. The molecule has 1 fully saturated rings. The van der Waals surface area contributed by atoms with Crippen LogP contribution < -0.4 is 11.1 Å². The van der Waals surface area contributed by atoms with Crippen LogP contribution in [0.3, 0.4) is 0 Å². The molecule has 3 heteroatoms. The minimum Gasteiger partial charge on any atom is -0.399 e. The fraction of sp³-hybridized carbons (Fsp3) is 0.647. The van der Waals surface area contributed by atoms with Crippen molar-refractivity contribution in [3.63, 3.8) is 0 Å². The zero-order valence-corrected chi connectivity index (χ0v) is 14.3. The summed E-state index contributed by atoms with van der Waals surface area (Å²) in [7, 11) is 0. The highest BCUT2D eigenvalue weighted by Crippen LogP contribution is 2.42. The van der Waals surface area contributed by atoms with Gasteiger partial charge >= 0.3 is 0 Å². The molecule has 20 heavy (non-hydrogen) atoms. The van der Waals surface area contributed by atoms with Crippen LogP contribution in [-0.2, 0) is 6.54 Å². The molecule has 0 radical (unpaired) electrons. The lowest BCUT2D eigenvalue weighted by molar-refractivity contribution is 0.223. The molecule has 0 unspecified atom stereocenters. The Kier molecular flexibility index (Phi) is 5.50. The molecule has 0 atom stereocenters. The van der Waals surface area contributed by atoms with E-state index in [2.05, 4.69) is 41.2 Å². The van der Waals surface area contributed by atoms with Gasteiger partial charge in [0.1, 0.15) is 0 Å². The number of nitrogens with two attached hydrogens (primary N) is 1. The van der Waals surface area contributed by atoms with Gasteiger partial charge in [0.05, 0.1) is 0 Å². The van der Waals surface area contributed by atoms with Crippen LogP contribution in [0.15, 0.2) is 22.7 Å². The van der Waals surface area contributed by atoms with E-state index in [1.807, 2.05) is 12.1 Å². The van der Waals surface area contributed by atoms with E-state index in [0.717, 1.165) is 29.2 Å². The van der Waals surface area contributed by atoms with Crippen molar-refractivity contribution in [2.24, 2.45) is 11.3 Å². The molecule has 1 saturated carbocycles. The lowest BCUT2D eigenvalue weighted by Crippen LogP contribution is -2.33. The van der Waals surface area contributed by atoms with Gasteiger partial charge in [-0.15, -0.1) is 0 Å². The van der Waals surface area contributed by atoms with Crippen LogP contribution in [0.25, 0.3) is 0 Å². The summed E-state index contributed by atoms with van der Waals surface area (Å²) in [5.41, 5.74) is 8.48. The number of hydrogen-bond donors (Lipinski definition) is 2. The zero-order chi connectivity index (χ0) is 14.6. The predicted octanol–water partition coefficient (Wildman–Crippen LogP) is 4.73. The molecular weight excluding hydrogens is 312 g/mol. The van der Waals surface area contributed by atoms with Crippen LogP contribution in [0.4, 0.5) is 5.69 Å². The Labute approximate surface area is 131 Å². The van der Waals surface area contributed by atoms with E-state index in [4.69, 9.17) is 5.73 Å². The normalized spacial score (nSPS) is 17.8. The van der Waals surface area contributed by atoms with Gasteiger partial charge in [0.25, 0.3) is 0 Å². The molecule has 3 N–H and O–H groups in total. The quantitative estimate of drug-likeness (QED) is 0.736. The first-order chi connectivity index (χ1) is 9.51. The summed E-state index contributed by atoms with van der Waals surface area (Å²) in [4.78, 5) is 0. The molecule has 0 bridgehead atoms. The Morgan fingerprint density at radius 3 is 2.65 bits per heavy atom. The molecule has 0 amide bonds. The molecule has 1 aliphatic rings. The Hall–Kier alpha value is -0.540. The van der Waals surface area contributed by atoms with Gasteiger partial charge in [-0.3, -0.25) is 0 Å². The minimum absolute atomic E-state index is 0.529. The molecule has 112 valence electrons. The van der Waals surface area contributed by atoms with Gasteiger partial charge in [-0.2, -0.15) is 0 Å². The summed E-state index contributed by atoms with van der Waals surface area (Å²) in [6.45, 7) is 6.71. The predicted molar refractivity (Wildman–Crippen MR) is 90.6 cm³/mol. The minimum atomic E-state index is 0.529. The molecule has 2 nitrogen and oxygen atoms in total. The average Bonchev–Trinajstić information content (AvgIpc) is 2.81. The molecule has 0 saturated heterocycles. The Balaban J connectivity index is 1.91. The molecule has 1 aliphatic carbocycles. The highest BCUT2D eigenvalue weighted by Gasteiger charge is 2.33. The molecule has 0 aliphatic heterocycles. The Bertz CT molecular complexity index is 437. The first-order valence-electron chi connectivity index (χ1n) is 7.75. The first kappa shape index (κ1) is 15.8. The maximum Gasteiger partial charge on any atom is 0.0318 e. The van der Waals surface area contributed by atoms with Gasteiger partial charge in [0, 0.05) is 23.2 Å². The van der Waals surface area contributed by atoms with Crippen LogP contribution in [-0.4, -0.2) is 6.54 Å². The lowest BCUT2D eigenvalue weighted by Gasteiger charge is -2.31. The van der Waals surface area contributed by atoms with Crippen molar-refractivity contribution in [2.75, 3.05) is 12.3 Å². The van der Waals surface area contributed by atoms with E-state index in [-0.39, 0.29) is 0 Å². The third-order valence-electron chi connectivity index (χ3n) is 4.39. The fourth-order valence-corrected chi connectivity index (χ4v) is 4.02. The second-order valence-electron chi connectivity index (χ2n) is 6.76. The number of nitrogens with one attached hydrogen (secondary N) is 1. The number of halogens is 1. The average molecular weight is 339 g/mol.